The summed E-state index contributed by atoms with van der Waals surface area (Å²) < 4.78 is 18.7. The van der Waals surface area contributed by atoms with Crippen molar-refractivity contribution in [2.24, 2.45) is 5.73 Å². The monoisotopic (exact) mass is 411 g/mol. The molecule has 0 saturated heterocycles. The fraction of sp³-hybridized carbons (Fsp3) is 0.273. The van der Waals surface area contributed by atoms with Crippen LogP contribution in [0, 0.1) is 5.82 Å². The summed E-state index contributed by atoms with van der Waals surface area (Å²) in [6, 6.07) is 14.0. The summed E-state index contributed by atoms with van der Waals surface area (Å²) in [5, 5.41) is 2.89. The van der Waals surface area contributed by atoms with Gasteiger partial charge in [-0.25, -0.2) is 9.37 Å². The number of halogens is 1. The second kappa shape index (κ2) is 8.21. The van der Waals surface area contributed by atoms with E-state index in [2.05, 4.69) is 16.8 Å². The van der Waals surface area contributed by atoms with Crippen LogP contribution in [0.1, 0.15) is 35.5 Å². The molecule has 0 aliphatic carbocycles. The highest BCUT2D eigenvalue weighted by Crippen LogP contribution is 2.39. The Bertz CT molecular complexity index is 1010. The third-order valence-electron chi connectivity index (χ3n) is 5.18. The molecular formula is C22H22FN3O2S. The highest BCUT2D eigenvalue weighted by atomic mass is 32.1. The summed E-state index contributed by atoms with van der Waals surface area (Å²) in [5.41, 5.74) is 8.60. The minimum atomic E-state index is -0.289. The van der Waals surface area contributed by atoms with Crippen LogP contribution < -0.4 is 15.4 Å². The first-order valence-electron chi connectivity index (χ1n) is 9.48. The van der Waals surface area contributed by atoms with Crippen molar-refractivity contribution in [1.29, 1.82) is 0 Å². The van der Waals surface area contributed by atoms with E-state index in [1.807, 2.05) is 29.6 Å². The molecule has 2 unspecified atom stereocenters. The van der Waals surface area contributed by atoms with Crippen LogP contribution in [0.4, 0.5) is 10.1 Å². The minimum absolute atomic E-state index is 0.169. The van der Waals surface area contributed by atoms with Crippen molar-refractivity contribution in [3.8, 4) is 5.75 Å². The number of aromatic nitrogens is 1. The van der Waals surface area contributed by atoms with E-state index >= 15 is 0 Å². The van der Waals surface area contributed by atoms with Gasteiger partial charge in [0, 0.05) is 17.1 Å². The van der Waals surface area contributed by atoms with Crippen LogP contribution in [0.25, 0.3) is 0 Å². The Hall–Kier alpha value is -2.93. The standard InChI is InChI=1S/C22H22FN3O2S/c1-14-10-19(22(24)27)18-4-2-3-5-20(18)26(14)11-16-13-29-21(25-16)12-28-17-8-6-15(23)7-9-17/h2-9,13-14,19H,10-12H2,1H3,(H2,24,27). The maximum atomic E-state index is 13.0. The van der Waals surface area contributed by atoms with Crippen molar-refractivity contribution >= 4 is 22.9 Å². The maximum Gasteiger partial charge on any atom is 0.225 e. The van der Waals surface area contributed by atoms with Gasteiger partial charge in [0.05, 0.1) is 18.2 Å². The number of nitrogens with zero attached hydrogens (tertiary/aromatic N) is 2. The van der Waals surface area contributed by atoms with Crippen molar-refractivity contribution in [3.63, 3.8) is 0 Å². The number of benzene rings is 2. The van der Waals surface area contributed by atoms with Gasteiger partial charge in [0.1, 0.15) is 23.2 Å². The number of carbonyl (C=O) groups is 1. The molecule has 2 N–H and O–H groups in total. The minimum Gasteiger partial charge on any atom is -0.486 e. The highest BCUT2D eigenvalue weighted by molar-refractivity contribution is 7.09. The lowest BCUT2D eigenvalue weighted by atomic mass is 9.85. The molecule has 0 radical (unpaired) electrons. The normalized spacial score (nSPS) is 18.3. The van der Waals surface area contributed by atoms with Crippen LogP contribution in [-0.2, 0) is 17.9 Å². The second-order valence-corrected chi connectivity index (χ2v) is 8.14. The molecule has 2 heterocycles. The number of hydrogen-bond acceptors (Lipinski definition) is 5. The van der Waals surface area contributed by atoms with Crippen LogP contribution >= 0.6 is 11.3 Å². The molecular weight excluding hydrogens is 389 g/mol. The average molecular weight is 412 g/mol. The number of anilines is 1. The van der Waals surface area contributed by atoms with E-state index in [-0.39, 0.29) is 23.7 Å². The van der Waals surface area contributed by atoms with Crippen LogP contribution in [0.3, 0.4) is 0 Å². The van der Waals surface area contributed by atoms with Gasteiger partial charge in [0.25, 0.3) is 0 Å². The predicted molar refractivity (Wildman–Crippen MR) is 111 cm³/mol. The van der Waals surface area contributed by atoms with E-state index in [0.29, 0.717) is 25.3 Å². The smallest absolute Gasteiger partial charge is 0.225 e. The molecule has 3 aromatic rings. The van der Waals surface area contributed by atoms with E-state index in [9.17, 15) is 9.18 Å². The number of carbonyl (C=O) groups excluding carboxylic acids is 1. The molecule has 1 aliphatic heterocycles. The van der Waals surface area contributed by atoms with Crippen LogP contribution in [0.2, 0.25) is 0 Å². The zero-order chi connectivity index (χ0) is 20.4. The van der Waals surface area contributed by atoms with E-state index in [1.165, 1.54) is 23.5 Å². The van der Waals surface area contributed by atoms with E-state index in [4.69, 9.17) is 10.5 Å². The van der Waals surface area contributed by atoms with Gasteiger partial charge in [0.15, 0.2) is 0 Å². The molecule has 1 aromatic heterocycles. The van der Waals surface area contributed by atoms with Gasteiger partial charge in [-0.15, -0.1) is 11.3 Å². The molecule has 150 valence electrons. The van der Waals surface area contributed by atoms with Crippen LogP contribution in [0.5, 0.6) is 5.75 Å². The molecule has 4 rings (SSSR count). The zero-order valence-electron chi connectivity index (χ0n) is 16.0. The molecule has 1 aliphatic rings. The van der Waals surface area contributed by atoms with Gasteiger partial charge in [-0.3, -0.25) is 4.79 Å². The van der Waals surface area contributed by atoms with Crippen molar-refractivity contribution < 1.29 is 13.9 Å². The molecule has 5 nitrogen and oxygen atoms in total. The number of amides is 1. The zero-order valence-corrected chi connectivity index (χ0v) is 16.9. The topological polar surface area (TPSA) is 68.5 Å². The third kappa shape index (κ3) is 4.24. The summed E-state index contributed by atoms with van der Waals surface area (Å²) in [6.07, 6.45) is 0.691. The maximum absolute atomic E-state index is 13.0. The van der Waals surface area contributed by atoms with E-state index < -0.39 is 0 Å². The summed E-state index contributed by atoms with van der Waals surface area (Å²) in [4.78, 5) is 18.9. The van der Waals surface area contributed by atoms with Crippen LogP contribution in [0.15, 0.2) is 53.9 Å². The third-order valence-corrected chi connectivity index (χ3v) is 6.05. The molecule has 7 heteroatoms. The summed E-state index contributed by atoms with van der Waals surface area (Å²) >= 11 is 1.54. The van der Waals surface area contributed by atoms with Gasteiger partial charge in [0.2, 0.25) is 5.91 Å². The van der Waals surface area contributed by atoms with Crippen molar-refractivity contribution in [2.75, 3.05) is 4.90 Å². The lowest BCUT2D eigenvalue weighted by Gasteiger charge is -2.39. The Morgan fingerprint density at radius 2 is 2.03 bits per heavy atom. The Morgan fingerprint density at radius 3 is 2.79 bits per heavy atom. The number of para-hydroxylation sites is 1. The van der Waals surface area contributed by atoms with Crippen molar-refractivity contribution in [2.45, 2.75) is 38.5 Å². The number of fused-ring (bicyclic) bond motifs is 1. The summed E-state index contributed by atoms with van der Waals surface area (Å²) in [7, 11) is 0. The average Bonchev–Trinajstić information content (AvgIpc) is 3.17. The quantitative estimate of drug-likeness (QED) is 0.659. The molecule has 0 fully saturated rings. The van der Waals surface area contributed by atoms with Gasteiger partial charge < -0.3 is 15.4 Å². The molecule has 0 bridgehead atoms. The van der Waals surface area contributed by atoms with E-state index in [1.54, 1.807) is 12.1 Å². The first kappa shape index (κ1) is 19.4. The molecule has 2 atom stereocenters. The summed E-state index contributed by atoms with van der Waals surface area (Å²) in [5.74, 6) is -0.215. The predicted octanol–water partition coefficient (Wildman–Crippen LogP) is 4.23. The van der Waals surface area contributed by atoms with E-state index in [0.717, 1.165) is 22.0 Å². The lowest BCUT2D eigenvalue weighted by molar-refractivity contribution is -0.119. The highest BCUT2D eigenvalue weighted by Gasteiger charge is 2.33. The van der Waals surface area contributed by atoms with Crippen molar-refractivity contribution in [1.82, 2.24) is 4.98 Å². The number of primary amides is 1. The van der Waals surface area contributed by atoms with Crippen LogP contribution in [-0.4, -0.2) is 16.9 Å². The first-order valence-corrected chi connectivity index (χ1v) is 10.4. The molecule has 2 aromatic carbocycles. The summed E-state index contributed by atoms with van der Waals surface area (Å²) in [6.45, 7) is 3.10. The van der Waals surface area contributed by atoms with Gasteiger partial charge in [-0.2, -0.15) is 0 Å². The second-order valence-electron chi connectivity index (χ2n) is 7.20. The fourth-order valence-electron chi connectivity index (χ4n) is 3.73. The molecule has 1 amide bonds. The molecule has 0 saturated carbocycles. The fourth-order valence-corrected chi connectivity index (χ4v) is 4.42. The first-order chi connectivity index (χ1) is 14.0. The van der Waals surface area contributed by atoms with Gasteiger partial charge >= 0.3 is 0 Å². The largest absolute Gasteiger partial charge is 0.486 e. The lowest BCUT2D eigenvalue weighted by Crippen LogP contribution is -2.41. The van der Waals surface area contributed by atoms with Gasteiger partial charge in [-0.05, 0) is 49.2 Å². The Labute approximate surface area is 172 Å². The van der Waals surface area contributed by atoms with Crippen molar-refractivity contribution in [3.05, 3.63) is 76.0 Å². The Balaban J connectivity index is 1.47. The number of rotatable bonds is 6. The Morgan fingerprint density at radius 1 is 1.28 bits per heavy atom. The Kier molecular flexibility index (Phi) is 5.49. The van der Waals surface area contributed by atoms with Gasteiger partial charge in [-0.1, -0.05) is 18.2 Å². The number of thiazole rings is 1. The number of hydrogen-bond donors (Lipinski definition) is 1. The number of nitrogens with two attached hydrogens (primary N) is 1. The number of ether oxygens (including phenoxy) is 1. The SMILES string of the molecule is CC1CC(C(N)=O)c2ccccc2N1Cc1csc(COc2ccc(F)cc2)n1. The molecule has 0 spiro atoms. The molecule has 29 heavy (non-hydrogen) atoms.